The molecule has 0 aromatic carbocycles. The highest BCUT2D eigenvalue weighted by molar-refractivity contribution is 5.13. The highest BCUT2D eigenvalue weighted by atomic mass is 16.3. The molecule has 2 rings (SSSR count). The Balaban J connectivity index is 1.82. The second-order valence-corrected chi connectivity index (χ2v) is 4.72. The van der Waals surface area contributed by atoms with Crippen molar-refractivity contribution in [3.05, 3.63) is 30.1 Å². The summed E-state index contributed by atoms with van der Waals surface area (Å²) in [7, 11) is 0. The quantitative estimate of drug-likeness (QED) is 0.814. The number of nitrogens with one attached hydrogen (secondary N) is 1. The molecule has 1 heterocycles. The van der Waals surface area contributed by atoms with Gasteiger partial charge in [0.15, 0.2) is 0 Å². The van der Waals surface area contributed by atoms with Crippen molar-refractivity contribution in [2.24, 2.45) is 5.92 Å². The smallest absolute Gasteiger partial charge is 0.0915 e. The summed E-state index contributed by atoms with van der Waals surface area (Å²) in [4.78, 5) is 3.95. The van der Waals surface area contributed by atoms with E-state index in [0.717, 1.165) is 11.5 Å². The third-order valence-electron chi connectivity index (χ3n) is 3.53. The van der Waals surface area contributed by atoms with Crippen LogP contribution < -0.4 is 5.32 Å². The first-order valence-electron chi connectivity index (χ1n) is 6.08. The monoisotopic (exact) mass is 220 g/mol. The third-order valence-corrected chi connectivity index (χ3v) is 3.53. The standard InChI is InChI=1S/C13H20N2O/c1-10-3-2-4-12(10)15-9-13(16)11-5-7-14-8-6-11/h5-8,10,12-13,15-16H,2-4,9H2,1H3. The number of aliphatic hydroxyl groups is 1. The molecule has 1 fully saturated rings. The van der Waals surface area contributed by atoms with Crippen molar-refractivity contribution < 1.29 is 5.11 Å². The fraction of sp³-hybridized carbons (Fsp3) is 0.615. The van der Waals surface area contributed by atoms with Crippen LogP contribution in [-0.2, 0) is 0 Å². The first-order chi connectivity index (χ1) is 7.77. The first kappa shape index (κ1) is 11.6. The van der Waals surface area contributed by atoms with Gasteiger partial charge in [-0.25, -0.2) is 0 Å². The molecule has 3 unspecified atom stereocenters. The zero-order chi connectivity index (χ0) is 11.4. The van der Waals surface area contributed by atoms with E-state index in [1.165, 1.54) is 19.3 Å². The van der Waals surface area contributed by atoms with Gasteiger partial charge in [0.1, 0.15) is 0 Å². The maximum atomic E-state index is 9.98. The van der Waals surface area contributed by atoms with Crippen molar-refractivity contribution in [1.29, 1.82) is 0 Å². The molecule has 3 nitrogen and oxygen atoms in total. The Labute approximate surface area is 96.9 Å². The van der Waals surface area contributed by atoms with Crippen LogP contribution in [0.1, 0.15) is 37.9 Å². The summed E-state index contributed by atoms with van der Waals surface area (Å²) in [6.07, 6.45) is 6.88. The fourth-order valence-electron chi connectivity index (χ4n) is 2.42. The van der Waals surface area contributed by atoms with Gasteiger partial charge in [-0.1, -0.05) is 13.3 Å². The van der Waals surface area contributed by atoms with Crippen LogP contribution in [0.25, 0.3) is 0 Å². The van der Waals surface area contributed by atoms with Crippen molar-refractivity contribution in [3.8, 4) is 0 Å². The number of rotatable bonds is 4. The van der Waals surface area contributed by atoms with Gasteiger partial charge in [-0.3, -0.25) is 4.98 Å². The molecule has 2 N–H and O–H groups in total. The van der Waals surface area contributed by atoms with E-state index in [4.69, 9.17) is 0 Å². The van der Waals surface area contributed by atoms with E-state index in [0.29, 0.717) is 12.6 Å². The topological polar surface area (TPSA) is 45.1 Å². The van der Waals surface area contributed by atoms with Crippen LogP contribution in [-0.4, -0.2) is 22.7 Å². The molecule has 0 radical (unpaired) electrons. The molecule has 1 aromatic heterocycles. The Kier molecular flexibility index (Phi) is 3.91. The zero-order valence-corrected chi connectivity index (χ0v) is 9.76. The minimum absolute atomic E-state index is 0.421. The third kappa shape index (κ3) is 2.80. The van der Waals surface area contributed by atoms with Crippen LogP contribution >= 0.6 is 0 Å². The van der Waals surface area contributed by atoms with Crippen molar-refractivity contribution in [2.45, 2.75) is 38.3 Å². The second kappa shape index (κ2) is 5.41. The molecular weight excluding hydrogens is 200 g/mol. The number of nitrogens with zero attached hydrogens (tertiary/aromatic N) is 1. The normalized spacial score (nSPS) is 26.9. The summed E-state index contributed by atoms with van der Waals surface area (Å²) in [5, 5.41) is 13.4. The van der Waals surface area contributed by atoms with Crippen molar-refractivity contribution in [1.82, 2.24) is 10.3 Å². The average Bonchev–Trinajstić information content (AvgIpc) is 2.73. The number of hydrogen-bond acceptors (Lipinski definition) is 3. The Morgan fingerprint density at radius 2 is 2.19 bits per heavy atom. The predicted octanol–water partition coefficient (Wildman–Crippen LogP) is 1.89. The van der Waals surface area contributed by atoms with Crippen LogP contribution in [0, 0.1) is 5.92 Å². The lowest BCUT2D eigenvalue weighted by molar-refractivity contribution is 0.167. The summed E-state index contributed by atoms with van der Waals surface area (Å²) in [6, 6.07) is 4.31. The molecule has 1 aliphatic rings. The lowest BCUT2D eigenvalue weighted by atomic mass is 10.1. The summed E-state index contributed by atoms with van der Waals surface area (Å²) in [5.74, 6) is 0.740. The number of pyridine rings is 1. The van der Waals surface area contributed by atoms with Gasteiger partial charge in [-0.05, 0) is 36.5 Å². The van der Waals surface area contributed by atoms with Crippen LogP contribution in [0.5, 0.6) is 0 Å². The summed E-state index contributed by atoms with van der Waals surface area (Å²) in [5.41, 5.74) is 0.938. The Hall–Kier alpha value is -0.930. The summed E-state index contributed by atoms with van der Waals surface area (Å²) in [6.45, 7) is 2.92. The molecule has 16 heavy (non-hydrogen) atoms. The van der Waals surface area contributed by atoms with Gasteiger partial charge >= 0.3 is 0 Å². The van der Waals surface area contributed by atoms with E-state index < -0.39 is 6.10 Å². The van der Waals surface area contributed by atoms with Gasteiger partial charge in [0, 0.05) is 25.0 Å². The van der Waals surface area contributed by atoms with E-state index >= 15 is 0 Å². The molecule has 1 aromatic rings. The van der Waals surface area contributed by atoms with Crippen molar-refractivity contribution >= 4 is 0 Å². The molecule has 3 heteroatoms. The molecule has 88 valence electrons. The van der Waals surface area contributed by atoms with Crippen molar-refractivity contribution in [2.75, 3.05) is 6.54 Å². The summed E-state index contributed by atoms with van der Waals surface area (Å²) < 4.78 is 0. The number of aliphatic hydroxyl groups excluding tert-OH is 1. The van der Waals surface area contributed by atoms with E-state index in [2.05, 4.69) is 17.2 Å². The SMILES string of the molecule is CC1CCCC1NCC(O)c1ccncc1. The molecule has 0 aliphatic heterocycles. The van der Waals surface area contributed by atoms with Gasteiger partial charge in [-0.15, -0.1) is 0 Å². The van der Waals surface area contributed by atoms with Crippen LogP contribution in [0.4, 0.5) is 0 Å². The van der Waals surface area contributed by atoms with Gasteiger partial charge in [-0.2, -0.15) is 0 Å². The number of hydrogen-bond donors (Lipinski definition) is 2. The van der Waals surface area contributed by atoms with Gasteiger partial charge in [0.2, 0.25) is 0 Å². The van der Waals surface area contributed by atoms with Crippen LogP contribution in [0.2, 0.25) is 0 Å². The van der Waals surface area contributed by atoms with E-state index in [1.807, 2.05) is 12.1 Å². The molecule has 0 saturated heterocycles. The zero-order valence-electron chi connectivity index (χ0n) is 9.76. The highest BCUT2D eigenvalue weighted by Gasteiger charge is 2.23. The first-order valence-corrected chi connectivity index (χ1v) is 6.08. The molecule has 0 spiro atoms. The predicted molar refractivity (Wildman–Crippen MR) is 64.0 cm³/mol. The summed E-state index contributed by atoms with van der Waals surface area (Å²) >= 11 is 0. The van der Waals surface area contributed by atoms with Crippen molar-refractivity contribution in [3.63, 3.8) is 0 Å². The number of aromatic nitrogens is 1. The van der Waals surface area contributed by atoms with Gasteiger partial charge in [0.25, 0.3) is 0 Å². The molecular formula is C13H20N2O. The Bertz CT molecular complexity index is 315. The lowest BCUT2D eigenvalue weighted by Crippen LogP contribution is -2.34. The minimum atomic E-state index is -0.421. The Morgan fingerprint density at radius 3 is 2.81 bits per heavy atom. The maximum Gasteiger partial charge on any atom is 0.0915 e. The van der Waals surface area contributed by atoms with E-state index in [9.17, 15) is 5.11 Å². The van der Waals surface area contributed by atoms with Gasteiger partial charge in [0.05, 0.1) is 6.10 Å². The molecule has 3 atom stereocenters. The molecule has 1 saturated carbocycles. The lowest BCUT2D eigenvalue weighted by Gasteiger charge is -2.19. The maximum absolute atomic E-state index is 9.98. The van der Waals surface area contributed by atoms with Gasteiger partial charge < -0.3 is 10.4 Å². The molecule has 1 aliphatic carbocycles. The largest absolute Gasteiger partial charge is 0.387 e. The molecule has 0 bridgehead atoms. The Morgan fingerprint density at radius 1 is 1.44 bits per heavy atom. The minimum Gasteiger partial charge on any atom is -0.387 e. The van der Waals surface area contributed by atoms with Crippen LogP contribution in [0.3, 0.4) is 0 Å². The average molecular weight is 220 g/mol. The second-order valence-electron chi connectivity index (χ2n) is 4.72. The van der Waals surface area contributed by atoms with E-state index in [1.54, 1.807) is 12.4 Å². The van der Waals surface area contributed by atoms with Crippen LogP contribution in [0.15, 0.2) is 24.5 Å². The highest BCUT2D eigenvalue weighted by Crippen LogP contribution is 2.25. The fourth-order valence-corrected chi connectivity index (χ4v) is 2.42. The van der Waals surface area contributed by atoms with E-state index in [-0.39, 0.29) is 0 Å². The molecule has 0 amide bonds.